The Morgan fingerprint density at radius 2 is 0.867 bits per heavy atom. The van der Waals surface area contributed by atoms with Crippen LogP contribution in [0.2, 0.25) is 0 Å². The van der Waals surface area contributed by atoms with Crippen molar-refractivity contribution < 1.29 is 37.3 Å². The fraction of sp³-hybridized carbons (Fsp3) is 0.600. The van der Waals surface area contributed by atoms with Gasteiger partial charge in [-0.3, -0.25) is 18.6 Å². The number of unbranched alkanes of at least 4 members (excludes halogenated alkanes) is 12. The molecule has 424 valence electrons. The number of amides is 1. The number of allylic oxidation sites excluding steroid dienone is 23. The fourth-order valence-corrected chi connectivity index (χ4v) is 8.08. The molecule has 0 aliphatic rings. The Morgan fingerprint density at radius 1 is 0.480 bits per heavy atom. The number of likely N-dealkylation sites (N-methyl/N-ethyl adjacent to an activating group) is 1. The first-order valence-electron chi connectivity index (χ1n) is 29.2. The number of hydrogen-bond acceptors (Lipinski definition) is 6. The third kappa shape index (κ3) is 54.5. The van der Waals surface area contributed by atoms with Gasteiger partial charge in [0.15, 0.2) is 0 Å². The number of carbonyl (C=O) groups is 2. The zero-order chi connectivity index (χ0) is 55.0. The molecule has 10 heteroatoms. The highest BCUT2D eigenvalue weighted by Crippen LogP contribution is 2.43. The second-order valence-corrected chi connectivity index (χ2v) is 21.5. The van der Waals surface area contributed by atoms with Gasteiger partial charge in [0.05, 0.1) is 33.8 Å². The SMILES string of the molecule is CC/C=C\C/C=C\C/C=C\C/C=C\C/C=C\C/C=C\CCC(=O)NC(COP(=O)(O)OCC[N+](C)(C)C)C(/C=C/CCCCCCCCCCC)OC(=O)CCCCC/C=C\C/C=C\C/C=C\C/C=C\C/C=C\CC. The first-order valence-corrected chi connectivity index (χ1v) is 30.7. The molecule has 3 unspecified atom stereocenters. The molecule has 9 nitrogen and oxygen atoms in total. The van der Waals surface area contributed by atoms with Gasteiger partial charge in [-0.05, 0) is 115 Å². The van der Waals surface area contributed by atoms with Crippen LogP contribution in [0.25, 0.3) is 0 Å². The van der Waals surface area contributed by atoms with Crippen molar-refractivity contribution in [2.24, 2.45) is 0 Å². The third-order valence-electron chi connectivity index (χ3n) is 11.8. The largest absolute Gasteiger partial charge is 0.472 e. The lowest BCUT2D eigenvalue weighted by atomic mass is 10.1. The Balaban J connectivity index is 5.49. The van der Waals surface area contributed by atoms with E-state index in [4.69, 9.17) is 13.8 Å². The van der Waals surface area contributed by atoms with E-state index in [1.165, 1.54) is 44.9 Å². The van der Waals surface area contributed by atoms with Gasteiger partial charge in [0.25, 0.3) is 0 Å². The maximum Gasteiger partial charge on any atom is 0.472 e. The Labute approximate surface area is 459 Å². The Morgan fingerprint density at radius 3 is 1.31 bits per heavy atom. The van der Waals surface area contributed by atoms with Crippen LogP contribution in [0.4, 0.5) is 0 Å². The summed E-state index contributed by atoms with van der Waals surface area (Å²) in [6, 6.07) is -0.913. The lowest BCUT2D eigenvalue weighted by molar-refractivity contribution is -0.870. The molecular formula is C65H108N2O7P+. The summed E-state index contributed by atoms with van der Waals surface area (Å²) in [4.78, 5) is 37.6. The number of carbonyl (C=O) groups excluding carboxylic acids is 2. The molecule has 0 aromatic carbocycles. The van der Waals surface area contributed by atoms with E-state index in [0.717, 1.165) is 109 Å². The lowest BCUT2D eigenvalue weighted by Crippen LogP contribution is -2.47. The van der Waals surface area contributed by atoms with Crippen LogP contribution in [0.1, 0.15) is 201 Å². The van der Waals surface area contributed by atoms with Crippen LogP contribution in [0.5, 0.6) is 0 Å². The molecule has 0 aromatic heterocycles. The predicted molar refractivity (Wildman–Crippen MR) is 322 cm³/mol. The van der Waals surface area contributed by atoms with Gasteiger partial charge in [0.2, 0.25) is 5.91 Å². The minimum atomic E-state index is -4.48. The molecular weight excluding hydrogens is 952 g/mol. The van der Waals surface area contributed by atoms with Gasteiger partial charge in [0.1, 0.15) is 19.3 Å². The van der Waals surface area contributed by atoms with Crippen molar-refractivity contribution in [2.75, 3.05) is 40.9 Å². The highest BCUT2D eigenvalue weighted by molar-refractivity contribution is 7.47. The van der Waals surface area contributed by atoms with Crippen molar-refractivity contribution in [1.82, 2.24) is 5.32 Å². The Hall–Kier alpha value is -4.11. The van der Waals surface area contributed by atoms with Gasteiger partial charge in [-0.25, -0.2) is 4.57 Å². The quantitative estimate of drug-likeness (QED) is 0.0205. The molecule has 0 rings (SSSR count). The molecule has 75 heavy (non-hydrogen) atoms. The second kappa shape index (κ2) is 53.3. The van der Waals surface area contributed by atoms with E-state index in [2.05, 4.69) is 148 Å². The first-order chi connectivity index (χ1) is 36.4. The van der Waals surface area contributed by atoms with Crippen molar-refractivity contribution in [3.63, 3.8) is 0 Å². The maximum absolute atomic E-state index is 13.5. The van der Waals surface area contributed by atoms with E-state index in [1.807, 2.05) is 45.4 Å². The number of ether oxygens (including phenoxy) is 1. The summed E-state index contributed by atoms with van der Waals surface area (Å²) >= 11 is 0. The number of phosphoric acid groups is 1. The third-order valence-corrected chi connectivity index (χ3v) is 12.8. The summed E-state index contributed by atoms with van der Waals surface area (Å²) in [5.74, 6) is -0.656. The Kier molecular flexibility index (Phi) is 50.4. The van der Waals surface area contributed by atoms with Crippen LogP contribution in [-0.4, -0.2) is 74.3 Å². The molecule has 0 aromatic rings. The van der Waals surface area contributed by atoms with E-state index < -0.39 is 20.0 Å². The number of quaternary nitrogens is 1. The number of esters is 1. The van der Waals surface area contributed by atoms with E-state index in [0.29, 0.717) is 23.9 Å². The van der Waals surface area contributed by atoms with Gasteiger partial charge in [0, 0.05) is 12.8 Å². The maximum atomic E-state index is 13.5. The van der Waals surface area contributed by atoms with Crippen LogP contribution in [0.15, 0.2) is 146 Å². The zero-order valence-corrected chi connectivity index (χ0v) is 49.1. The van der Waals surface area contributed by atoms with Crippen LogP contribution < -0.4 is 5.32 Å². The van der Waals surface area contributed by atoms with Crippen LogP contribution in [-0.2, 0) is 27.9 Å². The average molecular weight is 1060 g/mol. The lowest BCUT2D eigenvalue weighted by Gasteiger charge is -2.27. The smallest absolute Gasteiger partial charge is 0.456 e. The molecule has 0 bridgehead atoms. The normalized spacial score (nSPS) is 14.8. The second-order valence-electron chi connectivity index (χ2n) is 20.0. The summed E-state index contributed by atoms with van der Waals surface area (Å²) in [5, 5.41) is 2.98. The van der Waals surface area contributed by atoms with Gasteiger partial charge < -0.3 is 19.4 Å². The minimum absolute atomic E-state index is 0.0123. The topological polar surface area (TPSA) is 111 Å². The number of nitrogens with one attached hydrogen (secondary N) is 1. The standard InChI is InChI=1S/C65H107N2O7P/c1-7-10-13-16-19-22-25-27-29-31-33-35-37-39-42-45-48-51-54-57-64(68)66-62(61-73-75(70,71)72-60-59-67(4,5)6)63(56-53-50-47-44-41-24-21-18-15-12-9-3)74-65(69)58-55-52-49-46-43-40-38-36-34-32-30-28-26-23-20-17-14-11-8-2/h10-11,13-14,19-20,22-23,27-30,33-36,39-40,42-43,48,51,53,56,62-63H,7-9,12,15-18,21,24-26,31-32,37-38,41,44-47,49-50,52,54-55,57-61H2,1-6H3,(H-,66,68,70,71)/p+1/b13-10-,14-11-,22-19-,23-20-,29-27-,30-28-,35-33-,36-34-,42-39-,43-40-,51-48-,56-53+. The first kappa shape index (κ1) is 70.9. The summed E-state index contributed by atoms with van der Waals surface area (Å²) in [5.41, 5.74) is 0. The van der Waals surface area contributed by atoms with Crippen LogP contribution in [0.3, 0.4) is 0 Å². The van der Waals surface area contributed by atoms with E-state index in [-0.39, 0.29) is 37.9 Å². The monoisotopic (exact) mass is 1060 g/mol. The number of rotatable bonds is 50. The fourth-order valence-electron chi connectivity index (χ4n) is 7.34. The van der Waals surface area contributed by atoms with Crippen molar-refractivity contribution in [1.29, 1.82) is 0 Å². The van der Waals surface area contributed by atoms with Crippen molar-refractivity contribution in [3.05, 3.63) is 146 Å². The number of hydrogen-bond donors (Lipinski definition) is 2. The van der Waals surface area contributed by atoms with Crippen LogP contribution in [0, 0.1) is 0 Å². The molecule has 0 heterocycles. The molecule has 0 spiro atoms. The van der Waals surface area contributed by atoms with Gasteiger partial charge >= 0.3 is 13.8 Å². The molecule has 2 N–H and O–H groups in total. The van der Waals surface area contributed by atoms with Gasteiger partial charge in [-0.2, -0.15) is 0 Å². The highest BCUT2D eigenvalue weighted by atomic mass is 31.2. The van der Waals surface area contributed by atoms with E-state index >= 15 is 0 Å². The molecule has 1 amide bonds. The molecule has 0 radical (unpaired) electrons. The van der Waals surface area contributed by atoms with Crippen molar-refractivity contribution in [2.45, 2.75) is 213 Å². The van der Waals surface area contributed by atoms with Crippen molar-refractivity contribution in [3.8, 4) is 0 Å². The van der Waals surface area contributed by atoms with E-state index in [1.54, 1.807) is 0 Å². The minimum Gasteiger partial charge on any atom is -0.456 e. The summed E-state index contributed by atoms with van der Waals surface area (Å²) in [7, 11) is 1.40. The highest BCUT2D eigenvalue weighted by Gasteiger charge is 2.30. The van der Waals surface area contributed by atoms with Crippen molar-refractivity contribution >= 4 is 19.7 Å². The molecule has 0 aliphatic heterocycles. The summed E-state index contributed by atoms with van der Waals surface area (Å²) in [6.07, 6.45) is 77.2. The molecule has 3 atom stereocenters. The predicted octanol–water partition coefficient (Wildman–Crippen LogP) is 17.9. The average Bonchev–Trinajstić information content (AvgIpc) is 3.37. The molecule has 0 saturated carbocycles. The molecule has 0 aliphatic carbocycles. The van der Waals surface area contributed by atoms with Gasteiger partial charge in [-0.15, -0.1) is 0 Å². The Bertz CT molecular complexity index is 1790. The molecule has 0 saturated heterocycles. The van der Waals surface area contributed by atoms with Crippen LogP contribution >= 0.6 is 7.82 Å². The number of phosphoric ester groups is 1. The zero-order valence-electron chi connectivity index (χ0n) is 48.2. The summed E-state index contributed by atoms with van der Waals surface area (Å²) < 4.78 is 30.5. The van der Waals surface area contributed by atoms with Gasteiger partial charge in [-0.1, -0.05) is 218 Å². The summed E-state index contributed by atoms with van der Waals surface area (Å²) in [6.45, 7) is 6.66. The molecule has 0 fully saturated rings. The number of nitrogens with zero attached hydrogens (tertiary/aromatic N) is 1. The van der Waals surface area contributed by atoms with E-state index in [9.17, 15) is 19.0 Å².